The molecular weight excluding hydrogens is 306 g/mol. The molecule has 0 spiro atoms. The highest BCUT2D eigenvalue weighted by Gasteiger charge is 2.08. The van der Waals surface area contributed by atoms with Crippen LogP contribution in [0.2, 0.25) is 0 Å². The van der Waals surface area contributed by atoms with Gasteiger partial charge in [0.15, 0.2) is 17.3 Å². The minimum absolute atomic E-state index is 0.174. The highest BCUT2D eigenvalue weighted by molar-refractivity contribution is 6.07. The summed E-state index contributed by atoms with van der Waals surface area (Å²) in [5.41, 5.74) is 1.81. The van der Waals surface area contributed by atoms with Gasteiger partial charge in [-0.25, -0.2) is 0 Å². The first-order chi connectivity index (χ1) is 11.5. The molecule has 0 unspecified atom stereocenters. The first kappa shape index (κ1) is 17.3. The SMILES string of the molecule is COc1cccc(/C=C/C(=O)c2cccc(NC(C)=O)c2)c1OC. The van der Waals surface area contributed by atoms with Gasteiger partial charge in [-0.3, -0.25) is 9.59 Å². The van der Waals surface area contributed by atoms with Crippen molar-refractivity contribution in [3.05, 3.63) is 59.7 Å². The Kier molecular flexibility index (Phi) is 5.73. The number of hydrogen-bond acceptors (Lipinski definition) is 4. The van der Waals surface area contributed by atoms with Gasteiger partial charge in [0.25, 0.3) is 0 Å². The van der Waals surface area contributed by atoms with Crippen molar-refractivity contribution in [1.29, 1.82) is 0 Å². The van der Waals surface area contributed by atoms with Crippen LogP contribution in [0.4, 0.5) is 5.69 Å². The smallest absolute Gasteiger partial charge is 0.221 e. The van der Waals surface area contributed by atoms with Gasteiger partial charge in [-0.05, 0) is 30.4 Å². The maximum absolute atomic E-state index is 12.3. The zero-order chi connectivity index (χ0) is 17.5. The number of ether oxygens (including phenoxy) is 2. The van der Waals surface area contributed by atoms with E-state index in [1.807, 2.05) is 12.1 Å². The lowest BCUT2D eigenvalue weighted by Gasteiger charge is -2.09. The molecule has 2 aromatic rings. The molecule has 0 aliphatic heterocycles. The number of para-hydroxylation sites is 1. The molecule has 0 heterocycles. The third-order valence-electron chi connectivity index (χ3n) is 3.32. The summed E-state index contributed by atoms with van der Waals surface area (Å²) in [6, 6.07) is 12.2. The van der Waals surface area contributed by atoms with Crippen molar-refractivity contribution in [3.8, 4) is 11.5 Å². The van der Waals surface area contributed by atoms with Gasteiger partial charge in [0.2, 0.25) is 5.91 Å². The van der Waals surface area contributed by atoms with Crippen LogP contribution in [-0.4, -0.2) is 25.9 Å². The summed E-state index contributed by atoms with van der Waals surface area (Å²) in [4.78, 5) is 23.4. The zero-order valence-corrected chi connectivity index (χ0v) is 13.8. The highest BCUT2D eigenvalue weighted by Crippen LogP contribution is 2.31. The molecule has 124 valence electrons. The molecule has 0 fully saturated rings. The fraction of sp³-hybridized carbons (Fsp3) is 0.158. The minimum atomic E-state index is -0.184. The van der Waals surface area contributed by atoms with Gasteiger partial charge in [-0.15, -0.1) is 0 Å². The number of anilines is 1. The standard InChI is InChI=1S/C19H19NO4/c1-13(21)20-16-8-4-7-15(12-16)17(22)11-10-14-6-5-9-18(23-2)19(14)24-3/h4-12H,1-3H3,(H,20,21)/b11-10+. The molecule has 0 radical (unpaired) electrons. The van der Waals surface area contributed by atoms with Crippen LogP contribution >= 0.6 is 0 Å². The number of methoxy groups -OCH3 is 2. The van der Waals surface area contributed by atoms with Crippen LogP contribution in [0.15, 0.2) is 48.5 Å². The van der Waals surface area contributed by atoms with Crippen LogP contribution < -0.4 is 14.8 Å². The van der Waals surface area contributed by atoms with E-state index in [0.717, 1.165) is 5.56 Å². The number of nitrogens with one attached hydrogen (secondary N) is 1. The van der Waals surface area contributed by atoms with Crippen LogP contribution in [0.3, 0.4) is 0 Å². The number of allylic oxidation sites excluding steroid dienone is 1. The molecule has 1 N–H and O–H groups in total. The van der Waals surface area contributed by atoms with E-state index in [4.69, 9.17) is 9.47 Å². The monoisotopic (exact) mass is 325 g/mol. The second-order valence-electron chi connectivity index (χ2n) is 5.04. The van der Waals surface area contributed by atoms with E-state index in [1.54, 1.807) is 50.6 Å². The third-order valence-corrected chi connectivity index (χ3v) is 3.32. The average molecular weight is 325 g/mol. The molecule has 24 heavy (non-hydrogen) atoms. The molecule has 0 aliphatic rings. The van der Waals surface area contributed by atoms with E-state index in [0.29, 0.717) is 22.7 Å². The fourth-order valence-electron chi connectivity index (χ4n) is 2.26. The fourth-order valence-corrected chi connectivity index (χ4v) is 2.26. The maximum Gasteiger partial charge on any atom is 0.221 e. The number of ketones is 1. The van der Waals surface area contributed by atoms with Crippen molar-refractivity contribution in [3.63, 3.8) is 0 Å². The number of hydrogen-bond donors (Lipinski definition) is 1. The van der Waals surface area contributed by atoms with Gasteiger partial charge in [0.05, 0.1) is 14.2 Å². The van der Waals surface area contributed by atoms with E-state index < -0.39 is 0 Å². The Balaban J connectivity index is 2.24. The molecule has 2 rings (SSSR count). The third kappa shape index (κ3) is 4.23. The molecule has 0 atom stereocenters. The van der Waals surface area contributed by atoms with E-state index in [1.165, 1.54) is 13.0 Å². The summed E-state index contributed by atoms with van der Waals surface area (Å²) in [5.74, 6) is 0.805. The minimum Gasteiger partial charge on any atom is -0.493 e. The van der Waals surface area contributed by atoms with Gasteiger partial charge in [-0.1, -0.05) is 24.3 Å². The van der Waals surface area contributed by atoms with Crippen molar-refractivity contribution in [2.75, 3.05) is 19.5 Å². The predicted molar refractivity (Wildman–Crippen MR) is 93.7 cm³/mol. The van der Waals surface area contributed by atoms with E-state index in [9.17, 15) is 9.59 Å². The Hall–Kier alpha value is -3.08. The van der Waals surface area contributed by atoms with Gasteiger partial charge < -0.3 is 14.8 Å². The Morgan fingerprint density at radius 3 is 2.46 bits per heavy atom. The number of rotatable bonds is 6. The van der Waals surface area contributed by atoms with Crippen molar-refractivity contribution in [2.24, 2.45) is 0 Å². The average Bonchev–Trinajstić information content (AvgIpc) is 2.58. The molecule has 0 aromatic heterocycles. The molecule has 5 nitrogen and oxygen atoms in total. The van der Waals surface area contributed by atoms with E-state index in [2.05, 4.69) is 5.32 Å². The summed E-state index contributed by atoms with van der Waals surface area (Å²) in [6.45, 7) is 1.42. The van der Waals surface area contributed by atoms with Gasteiger partial charge in [0.1, 0.15) is 0 Å². The van der Waals surface area contributed by atoms with Crippen LogP contribution in [-0.2, 0) is 4.79 Å². The van der Waals surface area contributed by atoms with Crippen LogP contribution in [0, 0.1) is 0 Å². The highest BCUT2D eigenvalue weighted by atomic mass is 16.5. The van der Waals surface area contributed by atoms with Crippen molar-refractivity contribution >= 4 is 23.5 Å². The van der Waals surface area contributed by atoms with Gasteiger partial charge >= 0.3 is 0 Å². The molecule has 0 aliphatic carbocycles. The lowest BCUT2D eigenvalue weighted by molar-refractivity contribution is -0.114. The van der Waals surface area contributed by atoms with Crippen LogP contribution in [0.25, 0.3) is 6.08 Å². The topological polar surface area (TPSA) is 64.6 Å². The first-order valence-corrected chi connectivity index (χ1v) is 7.36. The van der Waals surface area contributed by atoms with E-state index >= 15 is 0 Å². The summed E-state index contributed by atoms with van der Waals surface area (Å²) < 4.78 is 10.6. The first-order valence-electron chi connectivity index (χ1n) is 7.36. The van der Waals surface area contributed by atoms with Crippen LogP contribution in [0.1, 0.15) is 22.8 Å². The second kappa shape index (κ2) is 7.97. The summed E-state index contributed by atoms with van der Waals surface area (Å²) in [6.07, 6.45) is 3.14. The predicted octanol–water partition coefficient (Wildman–Crippen LogP) is 3.56. The molecule has 0 saturated heterocycles. The lowest BCUT2D eigenvalue weighted by Crippen LogP contribution is -2.06. The zero-order valence-electron chi connectivity index (χ0n) is 13.8. The molecule has 1 amide bonds. The molecule has 2 aromatic carbocycles. The summed E-state index contributed by atoms with van der Waals surface area (Å²) >= 11 is 0. The second-order valence-corrected chi connectivity index (χ2v) is 5.04. The molecule has 0 saturated carbocycles. The maximum atomic E-state index is 12.3. The molecule has 5 heteroatoms. The number of carbonyl (C=O) groups is 2. The number of amides is 1. The Morgan fingerprint density at radius 1 is 1.04 bits per heavy atom. The normalized spacial score (nSPS) is 10.5. The Morgan fingerprint density at radius 2 is 1.79 bits per heavy atom. The number of benzene rings is 2. The quantitative estimate of drug-likeness (QED) is 0.651. The van der Waals surface area contributed by atoms with Crippen molar-refractivity contribution in [2.45, 2.75) is 6.92 Å². The lowest BCUT2D eigenvalue weighted by atomic mass is 10.1. The Labute approximate surface area is 140 Å². The Bertz CT molecular complexity index is 781. The van der Waals surface area contributed by atoms with Gasteiger partial charge in [-0.2, -0.15) is 0 Å². The van der Waals surface area contributed by atoms with Crippen molar-refractivity contribution in [1.82, 2.24) is 0 Å². The largest absolute Gasteiger partial charge is 0.493 e. The van der Waals surface area contributed by atoms with E-state index in [-0.39, 0.29) is 11.7 Å². The summed E-state index contributed by atoms with van der Waals surface area (Å²) in [7, 11) is 3.11. The van der Waals surface area contributed by atoms with Crippen LogP contribution in [0.5, 0.6) is 11.5 Å². The summed E-state index contributed by atoms with van der Waals surface area (Å²) in [5, 5.41) is 2.66. The van der Waals surface area contributed by atoms with Gasteiger partial charge in [0, 0.05) is 23.7 Å². The molecular formula is C19H19NO4. The van der Waals surface area contributed by atoms with Crippen molar-refractivity contribution < 1.29 is 19.1 Å². The molecule has 0 bridgehead atoms. The number of carbonyl (C=O) groups excluding carboxylic acids is 2.